The number of fused-ring (bicyclic) bond motifs is 2. The Hall–Kier alpha value is -0.830. The van der Waals surface area contributed by atoms with Gasteiger partial charge in [0.15, 0.2) is 0 Å². The van der Waals surface area contributed by atoms with Crippen molar-refractivity contribution >= 4 is 11.6 Å². The topological polar surface area (TPSA) is 8.88 Å². The molecule has 1 aliphatic heterocycles. The highest BCUT2D eigenvalue weighted by Crippen LogP contribution is 2.42. The third kappa shape index (κ3) is 3.24. The summed E-state index contributed by atoms with van der Waals surface area (Å²) < 4.78 is 0. The highest BCUT2D eigenvalue weighted by molar-refractivity contribution is 6.30. The maximum Gasteiger partial charge on any atom is 0.127 e. The molecule has 0 radical (unpaired) electrons. The Balaban J connectivity index is 1.25. The fraction of sp³-hybridized carbons (Fsp3) is 0.579. The maximum atomic E-state index is 6.09. The minimum atomic E-state index is 0.866. The predicted molar refractivity (Wildman–Crippen MR) is 90.3 cm³/mol. The number of nitrogens with one attached hydrogen (secondary N) is 2. The average Bonchev–Trinajstić information content (AvgIpc) is 3.12. The number of piperazine rings is 1. The smallest absolute Gasteiger partial charge is 0.127 e. The summed E-state index contributed by atoms with van der Waals surface area (Å²) in [5, 5.41) is 0.866. The highest BCUT2D eigenvalue weighted by atomic mass is 35.5. The van der Waals surface area contributed by atoms with E-state index < -0.39 is 0 Å². The van der Waals surface area contributed by atoms with Crippen molar-refractivity contribution in [2.24, 2.45) is 17.8 Å². The molecular formula is C19H27ClN2+2. The van der Waals surface area contributed by atoms with E-state index in [0.717, 1.165) is 29.3 Å². The normalized spacial score (nSPS) is 36.9. The maximum absolute atomic E-state index is 6.09. The average molecular weight is 319 g/mol. The first-order valence-electron chi connectivity index (χ1n) is 8.86. The molecule has 2 nitrogen and oxygen atoms in total. The molecule has 0 aromatic heterocycles. The van der Waals surface area contributed by atoms with E-state index in [-0.39, 0.29) is 0 Å². The zero-order valence-corrected chi connectivity index (χ0v) is 14.0. The molecule has 1 heterocycles. The quantitative estimate of drug-likeness (QED) is 0.761. The van der Waals surface area contributed by atoms with Crippen LogP contribution < -0.4 is 9.80 Å². The second-order valence-electron chi connectivity index (χ2n) is 7.55. The molecule has 1 aromatic rings. The van der Waals surface area contributed by atoms with E-state index in [1.165, 1.54) is 51.1 Å². The summed E-state index contributed by atoms with van der Waals surface area (Å²) in [7, 11) is 0. The summed E-state index contributed by atoms with van der Waals surface area (Å²) in [4.78, 5) is 3.57. The lowest BCUT2D eigenvalue weighted by Crippen LogP contribution is -3.27. The van der Waals surface area contributed by atoms with Crippen molar-refractivity contribution in [3.05, 3.63) is 47.0 Å². The van der Waals surface area contributed by atoms with Crippen LogP contribution in [0.15, 0.2) is 36.4 Å². The van der Waals surface area contributed by atoms with Gasteiger partial charge in [0.2, 0.25) is 0 Å². The van der Waals surface area contributed by atoms with Gasteiger partial charge in [-0.1, -0.05) is 35.9 Å². The van der Waals surface area contributed by atoms with Gasteiger partial charge in [0.25, 0.3) is 0 Å². The summed E-state index contributed by atoms with van der Waals surface area (Å²) in [6.45, 7) is 7.83. The second kappa shape index (κ2) is 6.35. The van der Waals surface area contributed by atoms with Crippen LogP contribution >= 0.6 is 11.6 Å². The lowest BCUT2D eigenvalue weighted by Gasteiger charge is -2.32. The minimum absolute atomic E-state index is 0.866. The molecule has 1 saturated carbocycles. The first-order valence-corrected chi connectivity index (χ1v) is 9.24. The van der Waals surface area contributed by atoms with E-state index >= 15 is 0 Å². The van der Waals surface area contributed by atoms with Crippen molar-refractivity contribution in [3.8, 4) is 0 Å². The Bertz CT molecular complexity index is 548. The van der Waals surface area contributed by atoms with Gasteiger partial charge in [-0.3, -0.25) is 0 Å². The summed E-state index contributed by atoms with van der Waals surface area (Å²) in [5.74, 6) is 2.80. The summed E-state index contributed by atoms with van der Waals surface area (Å²) in [6.07, 6.45) is 7.87. The molecule has 3 atom stereocenters. The van der Waals surface area contributed by atoms with Gasteiger partial charge < -0.3 is 9.80 Å². The van der Waals surface area contributed by atoms with Crippen molar-refractivity contribution in [3.63, 3.8) is 0 Å². The van der Waals surface area contributed by atoms with Gasteiger partial charge >= 0.3 is 0 Å². The molecule has 0 spiro atoms. The standard InChI is InChI=1S/C19H25ClN2/c20-19-3-1-2-16(12-19)13-21-6-8-22(9-7-21)14-18-11-15-4-5-17(18)10-15/h1-5,12,15,17-18H,6-11,13-14H2/p+2/t15-,17+,18+/m1/s1. The van der Waals surface area contributed by atoms with Crippen LogP contribution in [0, 0.1) is 17.8 Å². The van der Waals surface area contributed by atoms with E-state index in [2.05, 4.69) is 30.4 Å². The van der Waals surface area contributed by atoms with E-state index in [0.29, 0.717) is 0 Å². The Kier molecular flexibility index (Phi) is 4.25. The van der Waals surface area contributed by atoms with E-state index in [9.17, 15) is 0 Å². The molecule has 22 heavy (non-hydrogen) atoms. The molecule has 3 aliphatic rings. The number of rotatable bonds is 4. The van der Waals surface area contributed by atoms with Crippen LogP contribution in [0.3, 0.4) is 0 Å². The largest absolute Gasteiger partial charge is 0.325 e. The monoisotopic (exact) mass is 318 g/mol. The van der Waals surface area contributed by atoms with Crippen LogP contribution in [0.2, 0.25) is 5.02 Å². The molecule has 0 amide bonds. The molecule has 3 heteroatoms. The van der Waals surface area contributed by atoms with Crippen LogP contribution in [-0.2, 0) is 6.54 Å². The third-order valence-corrected chi connectivity index (χ3v) is 6.21. The molecular weight excluding hydrogens is 292 g/mol. The van der Waals surface area contributed by atoms with Crippen molar-refractivity contribution in [1.29, 1.82) is 0 Å². The Morgan fingerprint density at radius 3 is 2.50 bits per heavy atom. The number of quaternary nitrogens is 2. The Labute approximate surface area is 138 Å². The first-order chi connectivity index (χ1) is 10.8. The Morgan fingerprint density at radius 1 is 1.00 bits per heavy atom. The van der Waals surface area contributed by atoms with Crippen LogP contribution in [0.4, 0.5) is 0 Å². The molecule has 118 valence electrons. The fourth-order valence-electron chi connectivity index (χ4n) is 4.77. The van der Waals surface area contributed by atoms with Gasteiger partial charge in [-0.05, 0) is 36.8 Å². The fourth-order valence-corrected chi connectivity index (χ4v) is 4.99. The lowest BCUT2D eigenvalue weighted by molar-refractivity contribution is -1.02. The van der Waals surface area contributed by atoms with Gasteiger partial charge in [-0.25, -0.2) is 0 Å². The number of benzene rings is 1. The van der Waals surface area contributed by atoms with Crippen LogP contribution in [0.5, 0.6) is 0 Å². The summed E-state index contributed by atoms with van der Waals surface area (Å²) >= 11 is 6.09. The van der Waals surface area contributed by atoms with Crippen LogP contribution in [0.25, 0.3) is 0 Å². The van der Waals surface area contributed by atoms with E-state index in [4.69, 9.17) is 11.6 Å². The number of allylic oxidation sites excluding steroid dienone is 2. The van der Waals surface area contributed by atoms with Crippen molar-refractivity contribution in [2.75, 3.05) is 32.7 Å². The molecule has 2 bridgehead atoms. The zero-order chi connectivity index (χ0) is 14.9. The number of halogens is 1. The van der Waals surface area contributed by atoms with Crippen molar-refractivity contribution in [1.82, 2.24) is 0 Å². The van der Waals surface area contributed by atoms with Crippen LogP contribution in [0.1, 0.15) is 18.4 Å². The molecule has 2 aliphatic carbocycles. The van der Waals surface area contributed by atoms with E-state index in [1.54, 1.807) is 4.90 Å². The van der Waals surface area contributed by atoms with Gasteiger partial charge in [0, 0.05) is 16.5 Å². The van der Waals surface area contributed by atoms with Crippen LogP contribution in [-0.4, -0.2) is 32.7 Å². The van der Waals surface area contributed by atoms with Gasteiger partial charge in [0.05, 0.1) is 6.54 Å². The predicted octanol–water partition coefficient (Wildman–Crippen LogP) is 0.836. The van der Waals surface area contributed by atoms with Crippen molar-refractivity contribution < 1.29 is 9.80 Å². The minimum Gasteiger partial charge on any atom is -0.325 e. The number of hydrogen-bond acceptors (Lipinski definition) is 0. The van der Waals surface area contributed by atoms with E-state index in [1.807, 2.05) is 11.0 Å². The third-order valence-electron chi connectivity index (χ3n) is 5.97. The lowest BCUT2D eigenvalue weighted by atomic mass is 9.93. The first kappa shape index (κ1) is 14.7. The SMILES string of the molecule is Clc1cccc(C[NH+]2CC[NH+](C[C@@H]3C[C@@H]4C=C[C@H]3C4)CC2)c1. The Morgan fingerprint density at radius 2 is 1.82 bits per heavy atom. The van der Waals surface area contributed by atoms with Gasteiger partial charge in [-0.2, -0.15) is 0 Å². The molecule has 1 aromatic carbocycles. The molecule has 1 saturated heterocycles. The molecule has 2 N–H and O–H groups in total. The molecule has 4 rings (SSSR count). The number of hydrogen-bond donors (Lipinski definition) is 2. The summed E-state index contributed by atoms with van der Waals surface area (Å²) in [6, 6.07) is 8.36. The molecule has 2 fully saturated rings. The second-order valence-corrected chi connectivity index (χ2v) is 7.99. The van der Waals surface area contributed by atoms with Crippen molar-refractivity contribution in [2.45, 2.75) is 19.4 Å². The molecule has 0 unspecified atom stereocenters. The zero-order valence-electron chi connectivity index (χ0n) is 13.2. The summed E-state index contributed by atoms with van der Waals surface area (Å²) in [5.41, 5.74) is 1.38. The van der Waals surface area contributed by atoms with Gasteiger partial charge in [0.1, 0.15) is 32.7 Å². The highest BCUT2D eigenvalue weighted by Gasteiger charge is 2.38. The van der Waals surface area contributed by atoms with Gasteiger partial charge in [-0.15, -0.1) is 0 Å².